The van der Waals surface area contributed by atoms with Crippen LogP contribution in [0.4, 0.5) is 0 Å². The van der Waals surface area contributed by atoms with Crippen LogP contribution in [0.5, 0.6) is 0 Å². The lowest BCUT2D eigenvalue weighted by Gasteiger charge is -2.43. The summed E-state index contributed by atoms with van der Waals surface area (Å²) in [6.07, 6.45) is 3.66. The first-order chi connectivity index (χ1) is 12.1. The Kier molecular flexibility index (Phi) is 9.79. The van der Waals surface area contributed by atoms with Crippen molar-refractivity contribution in [1.29, 1.82) is 0 Å². The van der Waals surface area contributed by atoms with Crippen molar-refractivity contribution in [3.8, 4) is 0 Å². The molecule has 3 saturated heterocycles. The van der Waals surface area contributed by atoms with Gasteiger partial charge in [0, 0.05) is 59.0 Å². The van der Waals surface area contributed by atoms with Gasteiger partial charge in [0.2, 0.25) is 11.8 Å². The van der Waals surface area contributed by atoms with E-state index in [-0.39, 0.29) is 42.7 Å². The summed E-state index contributed by atoms with van der Waals surface area (Å²) < 4.78 is 5.41. The van der Waals surface area contributed by atoms with Crippen LogP contribution in [0.1, 0.15) is 32.6 Å². The Morgan fingerprint density at radius 1 is 0.963 bits per heavy atom. The molecule has 9 heteroatoms. The van der Waals surface area contributed by atoms with Crippen LogP contribution in [0, 0.1) is 5.41 Å². The summed E-state index contributed by atoms with van der Waals surface area (Å²) in [6, 6.07) is -0.0955. The maximum absolute atomic E-state index is 13.0. The first-order valence-corrected chi connectivity index (χ1v) is 9.67. The molecule has 1 unspecified atom stereocenters. The van der Waals surface area contributed by atoms with Gasteiger partial charge in [0.25, 0.3) is 0 Å². The minimum absolute atomic E-state index is 0. The van der Waals surface area contributed by atoms with Gasteiger partial charge in [-0.25, -0.2) is 0 Å². The van der Waals surface area contributed by atoms with Crippen molar-refractivity contribution in [2.75, 3.05) is 59.0 Å². The van der Waals surface area contributed by atoms with E-state index in [1.54, 1.807) is 0 Å². The molecule has 2 N–H and O–H groups in total. The van der Waals surface area contributed by atoms with Gasteiger partial charge in [-0.1, -0.05) is 0 Å². The van der Waals surface area contributed by atoms with Gasteiger partial charge in [-0.3, -0.25) is 14.5 Å². The topological polar surface area (TPSA) is 79.1 Å². The summed E-state index contributed by atoms with van der Waals surface area (Å²) in [7, 11) is 0. The molecule has 3 fully saturated rings. The van der Waals surface area contributed by atoms with Crippen molar-refractivity contribution >= 4 is 36.6 Å². The Morgan fingerprint density at radius 2 is 1.52 bits per heavy atom. The molecule has 158 valence electrons. The predicted octanol–water partition coefficient (Wildman–Crippen LogP) is 0.741. The fraction of sp³-hybridized carbons (Fsp3) is 0.889. The monoisotopic (exact) mass is 424 g/mol. The number of piperazine rings is 1. The van der Waals surface area contributed by atoms with Gasteiger partial charge >= 0.3 is 0 Å². The molecule has 0 aliphatic carbocycles. The third kappa shape index (κ3) is 5.26. The Morgan fingerprint density at radius 3 is 2.04 bits per heavy atom. The van der Waals surface area contributed by atoms with Crippen LogP contribution in [0.15, 0.2) is 0 Å². The Labute approximate surface area is 174 Å². The Balaban J connectivity index is 0.00000182. The minimum Gasteiger partial charge on any atom is -0.381 e. The molecule has 0 aromatic rings. The second-order valence-electron chi connectivity index (χ2n) is 7.63. The van der Waals surface area contributed by atoms with Crippen LogP contribution in [-0.2, 0) is 14.3 Å². The molecule has 1 atom stereocenters. The predicted molar refractivity (Wildman–Crippen MR) is 109 cm³/mol. The van der Waals surface area contributed by atoms with Gasteiger partial charge in [0.05, 0.1) is 11.5 Å². The molecule has 3 aliphatic rings. The van der Waals surface area contributed by atoms with Gasteiger partial charge < -0.3 is 20.3 Å². The van der Waals surface area contributed by atoms with Crippen molar-refractivity contribution < 1.29 is 14.3 Å². The minimum atomic E-state index is -0.447. The lowest BCUT2D eigenvalue weighted by Crippen LogP contribution is -2.59. The van der Waals surface area contributed by atoms with Gasteiger partial charge in [-0.2, -0.15) is 0 Å². The molecule has 0 aromatic heterocycles. The number of halogens is 2. The van der Waals surface area contributed by atoms with Gasteiger partial charge in [-0.15, -0.1) is 24.8 Å². The summed E-state index contributed by atoms with van der Waals surface area (Å²) in [5, 5.41) is 0. The Hall–Kier alpha value is -0.600. The van der Waals surface area contributed by atoms with Crippen molar-refractivity contribution in [3.63, 3.8) is 0 Å². The van der Waals surface area contributed by atoms with Crippen molar-refractivity contribution in [3.05, 3.63) is 0 Å². The first-order valence-electron chi connectivity index (χ1n) is 9.67. The zero-order valence-electron chi connectivity index (χ0n) is 16.2. The van der Waals surface area contributed by atoms with Gasteiger partial charge in [-0.05, 0) is 32.6 Å². The fourth-order valence-electron chi connectivity index (χ4n) is 4.27. The quantitative estimate of drug-likeness (QED) is 0.719. The molecule has 0 saturated carbocycles. The van der Waals surface area contributed by atoms with Crippen LogP contribution >= 0.6 is 24.8 Å². The summed E-state index contributed by atoms with van der Waals surface area (Å²) in [4.78, 5) is 31.7. The number of carbonyl (C=O) groups excluding carboxylic acids is 2. The van der Waals surface area contributed by atoms with Crippen LogP contribution in [-0.4, -0.2) is 91.6 Å². The van der Waals surface area contributed by atoms with E-state index in [2.05, 4.69) is 4.90 Å². The molecule has 3 heterocycles. The zero-order valence-corrected chi connectivity index (χ0v) is 17.9. The maximum Gasteiger partial charge on any atom is 0.239 e. The van der Waals surface area contributed by atoms with Crippen LogP contribution < -0.4 is 5.73 Å². The molecule has 3 aliphatic heterocycles. The van der Waals surface area contributed by atoms with E-state index < -0.39 is 5.41 Å². The third-order valence-corrected chi connectivity index (χ3v) is 6.22. The molecule has 0 aromatic carbocycles. The fourth-order valence-corrected chi connectivity index (χ4v) is 4.27. The molecule has 7 nitrogen and oxygen atoms in total. The molecule has 0 radical (unpaired) electrons. The molecular formula is C18H34Cl2N4O3. The maximum atomic E-state index is 13.0. The van der Waals surface area contributed by atoms with Gasteiger partial charge in [0.15, 0.2) is 0 Å². The average Bonchev–Trinajstić information content (AvgIpc) is 3.21. The number of carbonyl (C=O) groups is 2. The lowest BCUT2D eigenvalue weighted by atomic mass is 9.78. The molecular weight excluding hydrogens is 391 g/mol. The Bertz CT molecular complexity index is 489. The number of nitrogens with two attached hydrogens (primary N) is 1. The number of hydrogen-bond acceptors (Lipinski definition) is 5. The van der Waals surface area contributed by atoms with Crippen molar-refractivity contribution in [2.24, 2.45) is 11.1 Å². The van der Waals surface area contributed by atoms with E-state index in [9.17, 15) is 9.59 Å². The normalized spacial score (nSPS) is 23.9. The van der Waals surface area contributed by atoms with E-state index in [4.69, 9.17) is 10.5 Å². The van der Waals surface area contributed by atoms with Crippen LogP contribution in [0.2, 0.25) is 0 Å². The smallest absolute Gasteiger partial charge is 0.239 e. The standard InChI is InChI=1S/C18H32N4O3.2ClH/c1-15(16(23)21-6-2-3-7-21)20-8-10-22(11-9-20)17(24)18(14-19)4-12-25-13-5-18;;/h15H,2-14,19H2,1H3;2*1H. The summed E-state index contributed by atoms with van der Waals surface area (Å²) in [5.41, 5.74) is 5.52. The van der Waals surface area contributed by atoms with E-state index in [0.29, 0.717) is 45.7 Å². The number of likely N-dealkylation sites (tertiary alicyclic amines) is 1. The SMILES string of the molecule is CC(C(=O)N1CCCC1)N1CCN(C(=O)C2(CN)CCOCC2)CC1.Cl.Cl. The zero-order chi connectivity index (χ0) is 17.9. The van der Waals surface area contributed by atoms with E-state index >= 15 is 0 Å². The highest BCUT2D eigenvalue weighted by atomic mass is 35.5. The molecule has 0 spiro atoms. The number of amides is 2. The summed E-state index contributed by atoms with van der Waals surface area (Å²) in [6.45, 7) is 8.27. The van der Waals surface area contributed by atoms with Crippen LogP contribution in [0.25, 0.3) is 0 Å². The van der Waals surface area contributed by atoms with Crippen molar-refractivity contribution in [1.82, 2.24) is 14.7 Å². The highest BCUT2D eigenvalue weighted by Gasteiger charge is 2.42. The first kappa shape index (κ1) is 24.4. The largest absolute Gasteiger partial charge is 0.381 e. The number of nitrogens with zero attached hydrogens (tertiary/aromatic N) is 3. The second kappa shape index (κ2) is 10.8. The van der Waals surface area contributed by atoms with Gasteiger partial charge in [0.1, 0.15) is 0 Å². The number of ether oxygens (including phenoxy) is 1. The van der Waals surface area contributed by atoms with E-state index in [1.807, 2.05) is 16.7 Å². The highest BCUT2D eigenvalue weighted by molar-refractivity contribution is 5.86. The highest BCUT2D eigenvalue weighted by Crippen LogP contribution is 2.32. The lowest BCUT2D eigenvalue weighted by molar-refractivity contribution is -0.150. The van der Waals surface area contributed by atoms with E-state index in [1.165, 1.54) is 0 Å². The van der Waals surface area contributed by atoms with Crippen LogP contribution in [0.3, 0.4) is 0 Å². The average molecular weight is 425 g/mol. The van der Waals surface area contributed by atoms with Crippen molar-refractivity contribution in [2.45, 2.75) is 38.6 Å². The summed E-state index contributed by atoms with van der Waals surface area (Å²) >= 11 is 0. The van der Waals surface area contributed by atoms with E-state index in [0.717, 1.165) is 39.0 Å². The number of hydrogen-bond donors (Lipinski definition) is 1. The molecule has 2 amide bonds. The molecule has 27 heavy (non-hydrogen) atoms. The third-order valence-electron chi connectivity index (χ3n) is 6.22. The second-order valence-corrected chi connectivity index (χ2v) is 7.63. The summed E-state index contributed by atoms with van der Waals surface area (Å²) in [5.74, 6) is 0.414. The molecule has 3 rings (SSSR count). The molecule has 0 bridgehead atoms. The number of rotatable bonds is 4.